The molecule has 0 atom stereocenters. The molecule has 5 heteroatoms. The third-order valence-corrected chi connectivity index (χ3v) is 4.15. The van der Waals surface area contributed by atoms with E-state index in [0.29, 0.717) is 31.9 Å². The fourth-order valence-electron chi connectivity index (χ4n) is 2.94. The Morgan fingerprint density at radius 2 is 2.09 bits per heavy atom. The Morgan fingerprint density at radius 1 is 1.32 bits per heavy atom. The van der Waals surface area contributed by atoms with Gasteiger partial charge in [0.1, 0.15) is 11.9 Å². The molecule has 5 nitrogen and oxygen atoms in total. The van der Waals surface area contributed by atoms with Gasteiger partial charge in [0.05, 0.1) is 13.2 Å². The van der Waals surface area contributed by atoms with Gasteiger partial charge < -0.3 is 14.4 Å². The number of hydrogen-bond acceptors (Lipinski definition) is 4. The first kappa shape index (κ1) is 15.3. The normalized spacial score (nSPS) is 19.8. The zero-order valence-electron chi connectivity index (χ0n) is 13.2. The fraction of sp³-hybridized carbons (Fsp3) is 0.588. The number of hydrogen-bond donors (Lipinski definition) is 0. The minimum absolute atomic E-state index is 0.0648. The van der Waals surface area contributed by atoms with Crippen molar-refractivity contribution in [2.24, 2.45) is 0 Å². The lowest BCUT2D eigenvalue weighted by molar-refractivity contribution is 0.0199. The second kappa shape index (κ2) is 7.11. The summed E-state index contributed by atoms with van der Waals surface area (Å²) in [4.78, 5) is 16.7. The maximum absolute atomic E-state index is 12.5. The summed E-state index contributed by atoms with van der Waals surface area (Å²) in [6.07, 6.45) is 1.43. The predicted molar refractivity (Wildman–Crippen MR) is 84.3 cm³/mol. The molecule has 2 fully saturated rings. The number of rotatable bonds is 5. The van der Waals surface area contributed by atoms with Crippen LogP contribution in [0.1, 0.15) is 23.7 Å². The van der Waals surface area contributed by atoms with Gasteiger partial charge in [-0.05, 0) is 31.2 Å². The molecule has 2 aliphatic heterocycles. The van der Waals surface area contributed by atoms with Crippen molar-refractivity contribution in [1.82, 2.24) is 9.80 Å². The number of morpholine rings is 1. The molecule has 3 rings (SSSR count). The van der Waals surface area contributed by atoms with Crippen molar-refractivity contribution >= 4 is 5.91 Å². The summed E-state index contributed by atoms with van der Waals surface area (Å²) in [5.41, 5.74) is 0.698. The molecule has 1 amide bonds. The minimum atomic E-state index is 0.0648. The number of carbonyl (C=O) groups is 1. The van der Waals surface area contributed by atoms with Crippen LogP contribution in [0.2, 0.25) is 0 Å². The van der Waals surface area contributed by atoms with Gasteiger partial charge in [0, 0.05) is 31.7 Å². The third kappa shape index (κ3) is 3.59. The van der Waals surface area contributed by atoms with Gasteiger partial charge in [-0.15, -0.1) is 0 Å². The van der Waals surface area contributed by atoms with Crippen LogP contribution in [0.5, 0.6) is 5.75 Å². The van der Waals surface area contributed by atoms with Crippen molar-refractivity contribution in [1.29, 1.82) is 0 Å². The van der Waals surface area contributed by atoms with Crippen LogP contribution in [-0.4, -0.2) is 67.7 Å². The van der Waals surface area contributed by atoms with Gasteiger partial charge in [0.2, 0.25) is 0 Å². The Hall–Kier alpha value is -1.59. The number of amides is 1. The Morgan fingerprint density at radius 3 is 2.82 bits per heavy atom. The van der Waals surface area contributed by atoms with E-state index in [9.17, 15) is 4.79 Å². The SMILES string of the molecule is CCCN1CC(Oc2cccc(C(=O)N3CCOCC3)c2)C1. The second-order valence-electron chi connectivity index (χ2n) is 5.93. The standard InChI is InChI=1S/C17H24N2O3/c1-2-6-18-12-16(13-18)22-15-5-3-4-14(11-15)17(20)19-7-9-21-10-8-19/h3-5,11,16H,2,6-10,12-13H2,1H3. The molecule has 120 valence electrons. The van der Waals surface area contributed by atoms with Gasteiger partial charge >= 0.3 is 0 Å². The molecule has 0 radical (unpaired) electrons. The third-order valence-electron chi connectivity index (χ3n) is 4.15. The van der Waals surface area contributed by atoms with E-state index in [1.54, 1.807) is 0 Å². The van der Waals surface area contributed by atoms with E-state index >= 15 is 0 Å². The first-order valence-corrected chi connectivity index (χ1v) is 8.12. The van der Waals surface area contributed by atoms with E-state index in [0.717, 1.165) is 25.4 Å². The molecule has 0 bridgehead atoms. The Balaban J connectivity index is 1.57. The van der Waals surface area contributed by atoms with Crippen LogP contribution in [0.4, 0.5) is 0 Å². The Bertz CT molecular complexity index is 508. The minimum Gasteiger partial charge on any atom is -0.488 e. The van der Waals surface area contributed by atoms with Crippen molar-refractivity contribution in [3.05, 3.63) is 29.8 Å². The highest BCUT2D eigenvalue weighted by molar-refractivity contribution is 5.94. The summed E-state index contributed by atoms with van der Waals surface area (Å²) < 4.78 is 11.3. The maximum Gasteiger partial charge on any atom is 0.254 e. The number of carbonyl (C=O) groups excluding carboxylic acids is 1. The van der Waals surface area contributed by atoms with E-state index in [2.05, 4.69) is 11.8 Å². The molecule has 2 aliphatic rings. The summed E-state index contributed by atoms with van der Waals surface area (Å²) in [6.45, 7) is 7.86. The molecule has 0 N–H and O–H groups in total. The zero-order valence-corrected chi connectivity index (χ0v) is 13.2. The molecular formula is C17H24N2O3. The average molecular weight is 304 g/mol. The topological polar surface area (TPSA) is 42.0 Å². The Kier molecular flexibility index (Phi) is 4.95. The van der Waals surface area contributed by atoms with Crippen LogP contribution in [0, 0.1) is 0 Å². The highest BCUT2D eigenvalue weighted by Gasteiger charge is 2.27. The summed E-state index contributed by atoms with van der Waals surface area (Å²) in [5.74, 6) is 0.857. The zero-order chi connectivity index (χ0) is 15.4. The van der Waals surface area contributed by atoms with Gasteiger partial charge in [-0.2, -0.15) is 0 Å². The highest BCUT2D eigenvalue weighted by Crippen LogP contribution is 2.20. The monoisotopic (exact) mass is 304 g/mol. The molecule has 1 aromatic rings. The molecular weight excluding hydrogens is 280 g/mol. The first-order chi connectivity index (χ1) is 10.8. The van der Waals surface area contributed by atoms with Crippen LogP contribution in [0.15, 0.2) is 24.3 Å². The molecule has 0 aliphatic carbocycles. The van der Waals surface area contributed by atoms with Crippen molar-refractivity contribution < 1.29 is 14.3 Å². The molecule has 0 aromatic heterocycles. The molecule has 0 saturated carbocycles. The second-order valence-corrected chi connectivity index (χ2v) is 5.93. The predicted octanol–water partition coefficient (Wildman–Crippen LogP) is 1.63. The van der Waals surface area contributed by atoms with E-state index in [-0.39, 0.29) is 12.0 Å². The molecule has 2 saturated heterocycles. The molecule has 2 heterocycles. The number of nitrogens with zero attached hydrogens (tertiary/aromatic N) is 2. The molecule has 0 unspecified atom stereocenters. The average Bonchev–Trinajstić information content (AvgIpc) is 2.53. The number of benzene rings is 1. The fourth-order valence-corrected chi connectivity index (χ4v) is 2.94. The molecule has 0 spiro atoms. The number of likely N-dealkylation sites (tertiary alicyclic amines) is 1. The summed E-state index contributed by atoms with van der Waals surface area (Å²) >= 11 is 0. The Labute approximate surface area is 131 Å². The van der Waals surface area contributed by atoms with E-state index in [4.69, 9.17) is 9.47 Å². The molecule has 1 aromatic carbocycles. The molecule has 22 heavy (non-hydrogen) atoms. The smallest absolute Gasteiger partial charge is 0.254 e. The van der Waals surface area contributed by atoms with Crippen molar-refractivity contribution in [2.45, 2.75) is 19.4 Å². The van der Waals surface area contributed by atoms with Gasteiger partial charge in [-0.1, -0.05) is 13.0 Å². The summed E-state index contributed by atoms with van der Waals surface area (Å²) in [6, 6.07) is 7.54. The van der Waals surface area contributed by atoms with Crippen LogP contribution in [-0.2, 0) is 4.74 Å². The largest absolute Gasteiger partial charge is 0.488 e. The maximum atomic E-state index is 12.5. The lowest BCUT2D eigenvalue weighted by Gasteiger charge is -2.38. The summed E-state index contributed by atoms with van der Waals surface area (Å²) in [5, 5.41) is 0. The van der Waals surface area contributed by atoms with Crippen LogP contribution in [0.3, 0.4) is 0 Å². The van der Waals surface area contributed by atoms with Crippen LogP contribution in [0.25, 0.3) is 0 Å². The van der Waals surface area contributed by atoms with Crippen molar-refractivity contribution in [3.8, 4) is 5.75 Å². The first-order valence-electron chi connectivity index (χ1n) is 8.12. The van der Waals surface area contributed by atoms with E-state index in [1.807, 2.05) is 29.2 Å². The van der Waals surface area contributed by atoms with Gasteiger partial charge in [-0.3, -0.25) is 9.69 Å². The van der Waals surface area contributed by atoms with E-state index in [1.165, 1.54) is 6.42 Å². The summed E-state index contributed by atoms with van der Waals surface area (Å²) in [7, 11) is 0. The van der Waals surface area contributed by atoms with Crippen LogP contribution < -0.4 is 4.74 Å². The lowest BCUT2D eigenvalue weighted by atomic mass is 10.1. The highest BCUT2D eigenvalue weighted by atomic mass is 16.5. The number of ether oxygens (including phenoxy) is 2. The van der Waals surface area contributed by atoms with Gasteiger partial charge in [-0.25, -0.2) is 0 Å². The quantitative estimate of drug-likeness (QED) is 0.829. The lowest BCUT2D eigenvalue weighted by Crippen LogP contribution is -2.53. The van der Waals surface area contributed by atoms with Crippen molar-refractivity contribution in [2.75, 3.05) is 45.9 Å². The van der Waals surface area contributed by atoms with Crippen LogP contribution >= 0.6 is 0 Å². The van der Waals surface area contributed by atoms with E-state index < -0.39 is 0 Å². The van der Waals surface area contributed by atoms with Gasteiger partial charge in [0.25, 0.3) is 5.91 Å². The van der Waals surface area contributed by atoms with Crippen molar-refractivity contribution in [3.63, 3.8) is 0 Å². The van der Waals surface area contributed by atoms with Gasteiger partial charge in [0.15, 0.2) is 0 Å².